The number of rotatable bonds is 4. The second-order valence-electron chi connectivity index (χ2n) is 4.61. The van der Waals surface area contributed by atoms with Crippen LogP contribution in [0.2, 0.25) is 5.02 Å². The van der Waals surface area contributed by atoms with E-state index in [1.165, 1.54) is 12.1 Å². The molecule has 2 aromatic rings. The summed E-state index contributed by atoms with van der Waals surface area (Å²) in [5.41, 5.74) is 0.982. The van der Waals surface area contributed by atoms with Crippen LogP contribution in [0.4, 0.5) is 4.39 Å². The molecule has 0 aliphatic heterocycles. The summed E-state index contributed by atoms with van der Waals surface area (Å²) >= 11 is 5.58. The maximum absolute atomic E-state index is 13.3. The van der Waals surface area contributed by atoms with E-state index < -0.39 is 5.82 Å². The molecule has 0 saturated heterocycles. The summed E-state index contributed by atoms with van der Waals surface area (Å²) in [6, 6.07) is 6.11. The summed E-state index contributed by atoms with van der Waals surface area (Å²) in [6.07, 6.45) is 1.98. The minimum absolute atomic E-state index is 0.0145. The first-order valence-corrected chi connectivity index (χ1v) is 6.37. The normalized spacial score (nSPS) is 11.0. The van der Waals surface area contributed by atoms with Gasteiger partial charge in [-0.2, -0.15) is 5.10 Å². The summed E-state index contributed by atoms with van der Waals surface area (Å²) in [4.78, 5) is 12.0. The molecule has 100 valence electrons. The van der Waals surface area contributed by atoms with E-state index in [-0.39, 0.29) is 23.3 Å². The van der Waals surface area contributed by atoms with Crippen molar-refractivity contribution >= 4 is 17.4 Å². The number of hydrogen-bond donors (Lipinski definition) is 0. The second kappa shape index (κ2) is 5.53. The molecule has 0 amide bonds. The average molecular weight is 281 g/mol. The van der Waals surface area contributed by atoms with E-state index in [0.29, 0.717) is 11.3 Å². The van der Waals surface area contributed by atoms with Crippen LogP contribution in [0, 0.1) is 5.82 Å². The Morgan fingerprint density at radius 3 is 2.74 bits per heavy atom. The average Bonchev–Trinajstić information content (AvgIpc) is 2.81. The fourth-order valence-electron chi connectivity index (χ4n) is 1.70. The van der Waals surface area contributed by atoms with Crippen LogP contribution in [-0.4, -0.2) is 15.6 Å². The first-order chi connectivity index (χ1) is 8.97. The van der Waals surface area contributed by atoms with Gasteiger partial charge in [0.2, 0.25) is 0 Å². The van der Waals surface area contributed by atoms with Gasteiger partial charge >= 0.3 is 0 Å². The summed E-state index contributed by atoms with van der Waals surface area (Å²) in [6.45, 7) is 4.01. The highest BCUT2D eigenvalue weighted by Crippen LogP contribution is 2.17. The Labute approximate surface area is 116 Å². The Morgan fingerprint density at radius 1 is 1.42 bits per heavy atom. The molecule has 5 heteroatoms. The van der Waals surface area contributed by atoms with Crippen LogP contribution in [0.1, 0.15) is 35.9 Å². The minimum Gasteiger partial charge on any atom is -0.294 e. The molecule has 0 N–H and O–H groups in total. The van der Waals surface area contributed by atoms with Gasteiger partial charge in [0.05, 0.1) is 17.1 Å². The van der Waals surface area contributed by atoms with E-state index in [1.807, 2.05) is 20.0 Å². The predicted octanol–water partition coefficient (Wildman–Crippen LogP) is 3.68. The molecule has 1 aromatic heterocycles. The van der Waals surface area contributed by atoms with Gasteiger partial charge in [-0.05, 0) is 38.1 Å². The zero-order valence-corrected chi connectivity index (χ0v) is 11.5. The highest BCUT2D eigenvalue weighted by molar-refractivity contribution is 6.30. The number of aromatic nitrogens is 2. The van der Waals surface area contributed by atoms with Crippen molar-refractivity contribution in [2.24, 2.45) is 0 Å². The minimum atomic E-state index is -0.583. The Morgan fingerprint density at radius 2 is 2.16 bits per heavy atom. The smallest absolute Gasteiger partial charge is 0.168 e. The topological polar surface area (TPSA) is 34.9 Å². The molecule has 0 spiro atoms. The SMILES string of the molecule is CC(C)n1ccc(CC(=O)c2ccc(Cl)c(F)c2)n1. The van der Waals surface area contributed by atoms with Crippen molar-refractivity contribution in [3.63, 3.8) is 0 Å². The molecule has 0 aliphatic carbocycles. The van der Waals surface area contributed by atoms with E-state index in [2.05, 4.69) is 5.10 Å². The zero-order chi connectivity index (χ0) is 14.0. The quantitative estimate of drug-likeness (QED) is 0.801. The van der Waals surface area contributed by atoms with Gasteiger partial charge in [-0.3, -0.25) is 9.48 Å². The third kappa shape index (κ3) is 3.20. The molecule has 1 heterocycles. The van der Waals surface area contributed by atoms with Crippen LogP contribution in [0.15, 0.2) is 30.5 Å². The predicted molar refractivity (Wildman–Crippen MR) is 72.1 cm³/mol. The lowest BCUT2D eigenvalue weighted by Crippen LogP contribution is -2.07. The molecule has 1 aromatic carbocycles. The van der Waals surface area contributed by atoms with E-state index in [4.69, 9.17) is 11.6 Å². The van der Waals surface area contributed by atoms with Crippen molar-refractivity contribution < 1.29 is 9.18 Å². The van der Waals surface area contributed by atoms with Crippen LogP contribution in [0.25, 0.3) is 0 Å². The van der Waals surface area contributed by atoms with Crippen molar-refractivity contribution in [3.05, 3.63) is 52.6 Å². The summed E-state index contributed by atoms with van der Waals surface area (Å²) in [5.74, 6) is -0.759. The highest BCUT2D eigenvalue weighted by Gasteiger charge is 2.12. The number of nitrogens with zero attached hydrogens (tertiary/aromatic N) is 2. The fraction of sp³-hybridized carbons (Fsp3) is 0.286. The highest BCUT2D eigenvalue weighted by atomic mass is 35.5. The molecule has 0 radical (unpaired) electrons. The standard InChI is InChI=1S/C14H14ClFN2O/c1-9(2)18-6-5-11(17-18)8-14(19)10-3-4-12(15)13(16)7-10/h3-7,9H,8H2,1-2H3. The number of carbonyl (C=O) groups excluding carboxylic acids is 1. The van der Waals surface area contributed by atoms with E-state index >= 15 is 0 Å². The van der Waals surface area contributed by atoms with E-state index in [0.717, 1.165) is 6.07 Å². The fourth-order valence-corrected chi connectivity index (χ4v) is 1.81. The van der Waals surface area contributed by atoms with Crippen molar-refractivity contribution in [2.45, 2.75) is 26.3 Å². The third-order valence-corrected chi connectivity index (χ3v) is 3.08. The summed E-state index contributed by atoms with van der Waals surface area (Å²) in [7, 11) is 0. The Balaban J connectivity index is 2.13. The molecule has 0 fully saturated rings. The van der Waals surface area contributed by atoms with Gasteiger partial charge in [0.15, 0.2) is 5.78 Å². The van der Waals surface area contributed by atoms with Crippen LogP contribution in [0.3, 0.4) is 0 Å². The second-order valence-corrected chi connectivity index (χ2v) is 5.02. The molecule has 3 nitrogen and oxygen atoms in total. The van der Waals surface area contributed by atoms with Crippen LogP contribution in [0.5, 0.6) is 0 Å². The molecule has 0 unspecified atom stereocenters. The lowest BCUT2D eigenvalue weighted by molar-refractivity contribution is 0.0991. The van der Waals surface area contributed by atoms with Gasteiger partial charge in [-0.15, -0.1) is 0 Å². The number of benzene rings is 1. The number of Topliss-reactive ketones (excluding diaryl/α,β-unsaturated/α-hetero) is 1. The van der Waals surface area contributed by atoms with Crippen molar-refractivity contribution in [1.82, 2.24) is 9.78 Å². The van der Waals surface area contributed by atoms with Crippen molar-refractivity contribution in [3.8, 4) is 0 Å². The van der Waals surface area contributed by atoms with Crippen LogP contribution < -0.4 is 0 Å². The van der Waals surface area contributed by atoms with Crippen LogP contribution in [-0.2, 0) is 6.42 Å². The molecule has 0 atom stereocenters. The van der Waals surface area contributed by atoms with Crippen LogP contribution >= 0.6 is 11.6 Å². The van der Waals surface area contributed by atoms with Gasteiger partial charge in [-0.25, -0.2) is 4.39 Å². The molecule has 2 rings (SSSR count). The largest absolute Gasteiger partial charge is 0.294 e. The summed E-state index contributed by atoms with van der Waals surface area (Å²) < 4.78 is 15.1. The van der Waals surface area contributed by atoms with Crippen molar-refractivity contribution in [1.29, 1.82) is 0 Å². The van der Waals surface area contributed by atoms with Gasteiger partial charge in [0.25, 0.3) is 0 Å². The van der Waals surface area contributed by atoms with E-state index in [1.54, 1.807) is 10.7 Å². The molecule has 19 heavy (non-hydrogen) atoms. The van der Waals surface area contributed by atoms with Gasteiger partial charge in [-0.1, -0.05) is 11.6 Å². The molecule has 0 saturated carbocycles. The first-order valence-electron chi connectivity index (χ1n) is 5.99. The zero-order valence-electron chi connectivity index (χ0n) is 10.7. The third-order valence-electron chi connectivity index (χ3n) is 2.78. The number of ketones is 1. The number of hydrogen-bond acceptors (Lipinski definition) is 2. The Bertz CT molecular complexity index is 607. The number of halogens is 2. The maximum Gasteiger partial charge on any atom is 0.168 e. The molecular formula is C14H14ClFN2O. The van der Waals surface area contributed by atoms with Crippen molar-refractivity contribution in [2.75, 3.05) is 0 Å². The lowest BCUT2D eigenvalue weighted by Gasteiger charge is -2.04. The maximum atomic E-state index is 13.3. The van der Waals surface area contributed by atoms with Gasteiger partial charge in [0.1, 0.15) is 5.82 Å². The first kappa shape index (κ1) is 13.7. The summed E-state index contributed by atoms with van der Waals surface area (Å²) in [5, 5.41) is 4.31. The molecule has 0 aliphatic rings. The molecular weight excluding hydrogens is 267 g/mol. The van der Waals surface area contributed by atoms with E-state index in [9.17, 15) is 9.18 Å². The Kier molecular flexibility index (Phi) is 4.00. The van der Waals surface area contributed by atoms with Gasteiger partial charge < -0.3 is 0 Å². The lowest BCUT2D eigenvalue weighted by atomic mass is 10.1. The number of carbonyl (C=O) groups is 1. The monoisotopic (exact) mass is 280 g/mol. The Hall–Kier alpha value is -1.68. The van der Waals surface area contributed by atoms with Gasteiger partial charge in [0, 0.05) is 17.8 Å². The molecule has 0 bridgehead atoms.